The van der Waals surface area contributed by atoms with Crippen LogP contribution in [0.5, 0.6) is 11.8 Å². The summed E-state index contributed by atoms with van der Waals surface area (Å²) in [5.41, 5.74) is -0.406. The number of terminal acetylenes is 1. The van der Waals surface area contributed by atoms with Gasteiger partial charge in [-0.3, -0.25) is 9.78 Å². The van der Waals surface area contributed by atoms with E-state index in [1.165, 1.54) is 35.4 Å². The normalized spacial score (nSPS) is 22.2. The summed E-state index contributed by atoms with van der Waals surface area (Å²) in [4.78, 5) is 31.6. The van der Waals surface area contributed by atoms with E-state index in [-0.39, 0.29) is 76.4 Å². The van der Waals surface area contributed by atoms with Crippen molar-refractivity contribution < 1.29 is 27.8 Å². The maximum absolute atomic E-state index is 16.8. The Morgan fingerprint density at radius 2 is 2.06 bits per heavy atom. The molecule has 2 bridgehead atoms. The Labute approximate surface area is 274 Å². The lowest BCUT2D eigenvalue weighted by Gasteiger charge is -2.41. The van der Waals surface area contributed by atoms with Crippen molar-refractivity contribution in [3.63, 3.8) is 0 Å². The number of aromatic nitrogens is 3. The van der Waals surface area contributed by atoms with Crippen LogP contribution in [0, 0.1) is 41.2 Å². The second-order valence-electron chi connectivity index (χ2n) is 12.5. The van der Waals surface area contributed by atoms with Crippen LogP contribution in [-0.4, -0.2) is 87.2 Å². The van der Waals surface area contributed by atoms with Crippen LogP contribution in [0.3, 0.4) is 0 Å². The van der Waals surface area contributed by atoms with Gasteiger partial charge in [-0.2, -0.15) is 15.2 Å². The van der Waals surface area contributed by atoms with Crippen LogP contribution in [0.2, 0.25) is 0 Å². The molecule has 3 saturated heterocycles. The fourth-order valence-electron chi connectivity index (χ4n) is 7.36. The van der Waals surface area contributed by atoms with E-state index in [1.54, 1.807) is 0 Å². The van der Waals surface area contributed by atoms with Crippen molar-refractivity contribution in [2.75, 3.05) is 38.2 Å². The molecular formula is C35H30F3N7O3. The monoisotopic (exact) mass is 653 g/mol. The highest BCUT2D eigenvalue weighted by Gasteiger charge is 2.49. The third kappa shape index (κ3) is 5.11. The number of aromatic hydroxyl groups is 1. The van der Waals surface area contributed by atoms with E-state index < -0.39 is 41.4 Å². The maximum atomic E-state index is 16.8. The number of piperazine rings is 1. The second kappa shape index (κ2) is 12.0. The number of nitriles is 1. The summed E-state index contributed by atoms with van der Waals surface area (Å²) in [5.74, 6) is -1.70. The van der Waals surface area contributed by atoms with Gasteiger partial charge in [-0.05, 0) is 56.4 Å². The highest BCUT2D eigenvalue weighted by Crippen LogP contribution is 2.41. The molecule has 0 aliphatic carbocycles. The predicted molar refractivity (Wildman–Crippen MR) is 172 cm³/mol. The molecule has 2 aromatic carbocycles. The van der Waals surface area contributed by atoms with E-state index in [2.05, 4.69) is 38.4 Å². The van der Waals surface area contributed by atoms with E-state index in [1.807, 2.05) is 11.9 Å². The van der Waals surface area contributed by atoms with Gasteiger partial charge < -0.3 is 24.5 Å². The second-order valence-corrected chi connectivity index (χ2v) is 12.5. The lowest BCUT2D eigenvalue weighted by Crippen LogP contribution is -2.57. The molecule has 2 aromatic heterocycles. The van der Waals surface area contributed by atoms with Crippen molar-refractivity contribution in [1.82, 2.24) is 24.8 Å². The first-order valence-electron chi connectivity index (χ1n) is 15.5. The third-order valence-corrected chi connectivity index (χ3v) is 9.68. The number of carbonyl (C=O) groups excluding carboxylic acids is 1. The topological polar surface area (TPSA) is 119 Å². The average Bonchev–Trinajstić information content (AvgIpc) is 3.58. The highest BCUT2D eigenvalue weighted by atomic mass is 19.1. The zero-order valence-corrected chi connectivity index (χ0v) is 26.0. The number of rotatable bonds is 6. The molecule has 3 aliphatic rings. The number of benzene rings is 2. The number of carbonyl (C=O) groups is 1. The minimum Gasteiger partial charge on any atom is -0.508 e. The Hall–Kier alpha value is -5.40. The molecule has 5 heterocycles. The first kappa shape index (κ1) is 31.2. The van der Waals surface area contributed by atoms with Crippen LogP contribution >= 0.6 is 0 Å². The largest absolute Gasteiger partial charge is 0.508 e. The SMILES string of the molecule is C#Cc1c(F)ccc2cc(O)cc(-c3ncc4c(N5C[C@H]6CC(C#N)[C@@H](C5)N6C(=O)C(=C)F)nc(OC[C@@H]5CCCN5C)nc4c3F)c12. The van der Waals surface area contributed by atoms with Crippen molar-refractivity contribution >= 4 is 33.4 Å². The van der Waals surface area contributed by atoms with Crippen molar-refractivity contribution in [1.29, 1.82) is 5.26 Å². The van der Waals surface area contributed by atoms with Crippen molar-refractivity contribution in [3.05, 3.63) is 60.1 Å². The molecule has 244 valence electrons. The number of likely N-dealkylation sites (N-methyl/N-ethyl adjacent to an activating group) is 1. The minimum absolute atomic E-state index is 0.0699. The first-order valence-corrected chi connectivity index (χ1v) is 15.5. The molecule has 3 aliphatic heterocycles. The highest BCUT2D eigenvalue weighted by molar-refractivity contribution is 6.03. The van der Waals surface area contributed by atoms with Crippen LogP contribution in [-0.2, 0) is 4.79 Å². The van der Waals surface area contributed by atoms with Crippen molar-refractivity contribution in [2.45, 2.75) is 37.4 Å². The van der Waals surface area contributed by atoms with Gasteiger partial charge in [-0.25, -0.2) is 13.2 Å². The number of likely N-dealkylation sites (tertiary alicyclic amines) is 1. The molecule has 1 unspecified atom stereocenters. The Kier molecular flexibility index (Phi) is 7.80. The summed E-state index contributed by atoms with van der Waals surface area (Å²) >= 11 is 0. The zero-order chi connectivity index (χ0) is 33.9. The van der Waals surface area contributed by atoms with E-state index >= 15 is 4.39 Å². The summed E-state index contributed by atoms with van der Waals surface area (Å²) in [7, 11) is 1.99. The molecule has 0 saturated carbocycles. The van der Waals surface area contributed by atoms with Crippen LogP contribution in [0.25, 0.3) is 32.9 Å². The number of amides is 1. The fraction of sp³-hybridized carbons (Fsp3) is 0.343. The van der Waals surface area contributed by atoms with E-state index in [0.717, 1.165) is 19.4 Å². The van der Waals surface area contributed by atoms with Gasteiger partial charge in [0.25, 0.3) is 5.91 Å². The number of fused-ring (bicyclic) bond motifs is 4. The van der Waals surface area contributed by atoms with E-state index in [9.17, 15) is 23.9 Å². The lowest BCUT2D eigenvalue weighted by molar-refractivity contribution is -0.132. The molecule has 4 aromatic rings. The summed E-state index contributed by atoms with van der Waals surface area (Å²) in [5, 5.41) is 21.2. The summed E-state index contributed by atoms with van der Waals surface area (Å²) in [6.45, 7) is 4.61. The molecule has 1 amide bonds. The Balaban J connectivity index is 1.37. The number of hydrogen-bond acceptors (Lipinski definition) is 9. The molecule has 0 radical (unpaired) electrons. The summed E-state index contributed by atoms with van der Waals surface area (Å²) in [6, 6.07) is 6.34. The molecule has 7 rings (SSSR count). The van der Waals surface area contributed by atoms with Gasteiger partial charge in [-0.1, -0.05) is 18.6 Å². The van der Waals surface area contributed by atoms with Crippen LogP contribution < -0.4 is 9.64 Å². The number of phenolic OH excluding ortho intramolecular Hbond substituents is 1. The standard InChI is InChI=1S/C35H30F3N7O3/c1-4-24-27(37)8-7-19-11-23(46)12-25(29(19)24)31-30(38)32-26(14-40-31)33(42-35(41-32)48-17-21-6-5-9-43(21)3)44-15-22-10-20(13-39)28(16-44)45(22)34(47)18(2)36/h1,7-8,11-12,14,20-22,28,46H,2,5-6,9-10,15-17H2,3H3/t20?,21-,22+,28+/m0/s1. The first-order chi connectivity index (χ1) is 23.1. The van der Waals surface area contributed by atoms with E-state index in [0.29, 0.717) is 11.8 Å². The number of pyridine rings is 1. The predicted octanol–water partition coefficient (Wildman–Crippen LogP) is 4.70. The molecule has 3 fully saturated rings. The summed E-state index contributed by atoms with van der Waals surface area (Å²) in [6.07, 6.45) is 9.28. The number of halogens is 3. The number of anilines is 1. The molecule has 48 heavy (non-hydrogen) atoms. The average molecular weight is 654 g/mol. The van der Waals surface area contributed by atoms with Gasteiger partial charge in [0.15, 0.2) is 11.6 Å². The molecular weight excluding hydrogens is 623 g/mol. The van der Waals surface area contributed by atoms with Crippen LogP contribution in [0.1, 0.15) is 24.8 Å². The number of phenols is 1. The Bertz CT molecular complexity index is 2090. The van der Waals surface area contributed by atoms with Crippen LogP contribution in [0.15, 0.2) is 42.9 Å². The van der Waals surface area contributed by atoms with E-state index in [4.69, 9.17) is 11.2 Å². The van der Waals surface area contributed by atoms with Gasteiger partial charge in [0.05, 0.1) is 35.0 Å². The van der Waals surface area contributed by atoms with Gasteiger partial charge in [-0.15, -0.1) is 6.42 Å². The Morgan fingerprint density at radius 1 is 1.25 bits per heavy atom. The van der Waals surface area contributed by atoms with Crippen molar-refractivity contribution in [2.24, 2.45) is 5.92 Å². The minimum atomic E-state index is -1.11. The number of ether oxygens (including phenoxy) is 1. The maximum Gasteiger partial charge on any atom is 0.319 e. The van der Waals surface area contributed by atoms with Crippen molar-refractivity contribution in [3.8, 4) is 41.4 Å². The van der Waals surface area contributed by atoms with Crippen LogP contribution in [0.4, 0.5) is 19.0 Å². The van der Waals surface area contributed by atoms with Gasteiger partial charge in [0, 0.05) is 36.3 Å². The Morgan fingerprint density at radius 3 is 2.77 bits per heavy atom. The van der Waals surface area contributed by atoms with Gasteiger partial charge >= 0.3 is 6.01 Å². The number of nitrogens with zero attached hydrogens (tertiary/aromatic N) is 7. The smallest absolute Gasteiger partial charge is 0.319 e. The quantitative estimate of drug-likeness (QED) is 0.234. The zero-order valence-electron chi connectivity index (χ0n) is 26.0. The number of hydrogen-bond donors (Lipinski definition) is 1. The van der Waals surface area contributed by atoms with Gasteiger partial charge in [0.2, 0.25) is 0 Å². The molecule has 10 nitrogen and oxygen atoms in total. The molecule has 1 N–H and O–H groups in total. The molecule has 4 atom stereocenters. The van der Waals surface area contributed by atoms with Gasteiger partial charge in [0.1, 0.15) is 35.2 Å². The molecule has 13 heteroatoms. The third-order valence-electron chi connectivity index (χ3n) is 9.68. The lowest BCUT2D eigenvalue weighted by atomic mass is 9.96. The molecule has 0 spiro atoms. The fourth-order valence-corrected chi connectivity index (χ4v) is 7.36. The summed E-state index contributed by atoms with van der Waals surface area (Å²) < 4.78 is 51.7.